The molecule has 14 heavy (non-hydrogen) atoms. The van der Waals surface area contributed by atoms with E-state index in [-0.39, 0.29) is 5.78 Å². The lowest BCUT2D eigenvalue weighted by atomic mass is 10.2. The van der Waals surface area contributed by atoms with Gasteiger partial charge in [0.15, 0.2) is 5.78 Å². The number of carbonyl (C=O) groups excluding carboxylic acids is 1. The highest BCUT2D eigenvalue weighted by atomic mass is 127. The van der Waals surface area contributed by atoms with Gasteiger partial charge in [-0.1, -0.05) is 0 Å². The van der Waals surface area contributed by atoms with Crippen LogP contribution in [0.5, 0.6) is 0 Å². The highest BCUT2D eigenvalue weighted by Gasteiger charge is 2.06. The maximum absolute atomic E-state index is 11.1. The number of aromatic nitrogens is 1. The van der Waals surface area contributed by atoms with E-state index >= 15 is 0 Å². The molecule has 0 saturated heterocycles. The molecule has 2 rings (SSSR count). The molecule has 0 saturated carbocycles. The maximum Gasteiger partial charge on any atom is 0.175 e. The van der Waals surface area contributed by atoms with E-state index in [9.17, 15) is 4.79 Å². The number of H-pyrrole nitrogens is 1. The van der Waals surface area contributed by atoms with Crippen LogP contribution in [0.4, 0.5) is 0 Å². The lowest BCUT2D eigenvalue weighted by molar-refractivity contribution is 0.101. The lowest BCUT2D eigenvalue weighted by Crippen LogP contribution is -1.89. The average Bonchev–Trinajstić information content (AvgIpc) is 2.48. The Labute approximate surface area is 103 Å². The second-order valence-electron chi connectivity index (χ2n) is 3.09. The molecule has 0 fully saturated rings. The predicted octanol–water partition coefficient (Wildman–Crippen LogP) is 3.74. The Kier molecular flexibility index (Phi) is 2.66. The molecule has 0 amide bonds. The largest absolute Gasteiger partial charge is 0.352 e. The lowest BCUT2D eigenvalue weighted by Gasteiger charge is -1.95. The molecule has 0 bridgehead atoms. The third-order valence-corrected chi connectivity index (χ3v) is 4.33. The van der Waals surface area contributed by atoms with E-state index in [4.69, 9.17) is 0 Å². The third kappa shape index (κ3) is 1.72. The molecule has 1 N–H and O–H groups in total. The van der Waals surface area contributed by atoms with Crippen molar-refractivity contribution in [2.24, 2.45) is 0 Å². The Bertz CT molecular complexity index is 479. The van der Waals surface area contributed by atoms with Gasteiger partial charge in [-0.05, 0) is 56.7 Å². The van der Waals surface area contributed by atoms with Gasteiger partial charge >= 0.3 is 0 Å². The van der Waals surface area contributed by atoms with Crippen LogP contribution in [0, 0.1) is 3.57 Å². The van der Waals surface area contributed by atoms with Gasteiger partial charge in [0.2, 0.25) is 0 Å². The number of halogens is 2. The number of carbonyl (C=O) groups is 1. The molecule has 72 valence electrons. The van der Waals surface area contributed by atoms with Crippen molar-refractivity contribution >= 4 is 55.2 Å². The molecule has 0 aliphatic carbocycles. The molecule has 4 heteroatoms. The highest BCUT2D eigenvalue weighted by Crippen LogP contribution is 2.26. The number of ketones is 1. The van der Waals surface area contributed by atoms with E-state index in [1.165, 1.54) is 0 Å². The molecule has 2 aromatic rings. The minimum Gasteiger partial charge on any atom is -0.352 e. The van der Waals surface area contributed by atoms with Gasteiger partial charge < -0.3 is 4.98 Å². The molecule has 0 aliphatic rings. The molecule has 1 heterocycles. The number of benzene rings is 1. The third-order valence-electron chi connectivity index (χ3n) is 2.04. The van der Waals surface area contributed by atoms with Crippen LogP contribution in [0.2, 0.25) is 0 Å². The Morgan fingerprint density at radius 2 is 2.14 bits per heavy atom. The maximum atomic E-state index is 11.1. The number of hydrogen-bond donors (Lipinski definition) is 1. The van der Waals surface area contributed by atoms with Crippen molar-refractivity contribution in [3.8, 4) is 0 Å². The summed E-state index contributed by atoms with van der Waals surface area (Å²) in [5, 5.41) is 1.06. The fourth-order valence-corrected chi connectivity index (χ4v) is 2.14. The fraction of sp³-hybridized carbons (Fsp3) is 0.100. The van der Waals surface area contributed by atoms with Crippen molar-refractivity contribution in [3.05, 3.63) is 31.9 Å². The number of hydrogen-bond acceptors (Lipinski definition) is 1. The Hall–Kier alpha value is -0.360. The van der Waals surface area contributed by atoms with E-state index in [1.807, 2.05) is 18.2 Å². The van der Waals surface area contributed by atoms with Crippen molar-refractivity contribution in [2.45, 2.75) is 6.92 Å². The highest BCUT2D eigenvalue weighted by molar-refractivity contribution is 14.1. The van der Waals surface area contributed by atoms with Crippen LogP contribution in [-0.4, -0.2) is 10.8 Å². The summed E-state index contributed by atoms with van der Waals surface area (Å²) < 4.78 is 2.19. The summed E-state index contributed by atoms with van der Waals surface area (Å²) in [6.45, 7) is 1.56. The predicted molar refractivity (Wildman–Crippen MR) is 68.7 cm³/mol. The molecular weight excluding hydrogens is 357 g/mol. The number of fused-ring (bicyclic) bond motifs is 1. The first kappa shape index (κ1) is 10.2. The van der Waals surface area contributed by atoms with E-state index < -0.39 is 0 Å². The van der Waals surface area contributed by atoms with Crippen LogP contribution in [0.25, 0.3) is 10.9 Å². The van der Waals surface area contributed by atoms with Gasteiger partial charge in [0.05, 0.1) is 5.69 Å². The van der Waals surface area contributed by atoms with E-state index in [1.54, 1.807) is 6.92 Å². The summed E-state index contributed by atoms with van der Waals surface area (Å²) in [5.74, 6) is 0.0623. The first-order valence-electron chi connectivity index (χ1n) is 4.06. The molecule has 0 spiro atoms. The first-order chi connectivity index (χ1) is 6.58. The van der Waals surface area contributed by atoms with Gasteiger partial charge in [-0.15, -0.1) is 0 Å². The van der Waals surface area contributed by atoms with Crippen LogP contribution in [0.15, 0.2) is 22.7 Å². The van der Waals surface area contributed by atoms with Gasteiger partial charge in [-0.2, -0.15) is 0 Å². The van der Waals surface area contributed by atoms with Gasteiger partial charge in [0.1, 0.15) is 0 Å². The Balaban J connectivity index is 2.72. The summed E-state index contributed by atoms with van der Waals surface area (Å²) in [6, 6.07) is 5.91. The Morgan fingerprint density at radius 3 is 2.79 bits per heavy atom. The minimum atomic E-state index is 0.0623. The molecular formula is C10H7BrINO. The Morgan fingerprint density at radius 1 is 1.43 bits per heavy atom. The number of nitrogens with one attached hydrogen (secondary N) is 1. The molecule has 0 atom stereocenters. The zero-order valence-corrected chi connectivity index (χ0v) is 11.1. The summed E-state index contributed by atoms with van der Waals surface area (Å²) in [6.07, 6.45) is 0. The van der Waals surface area contributed by atoms with E-state index in [2.05, 4.69) is 43.5 Å². The van der Waals surface area contributed by atoms with Gasteiger partial charge in [-0.3, -0.25) is 4.79 Å². The normalized spacial score (nSPS) is 10.8. The van der Waals surface area contributed by atoms with Crippen molar-refractivity contribution < 1.29 is 4.79 Å². The summed E-state index contributed by atoms with van der Waals surface area (Å²) in [7, 11) is 0. The quantitative estimate of drug-likeness (QED) is 0.607. The summed E-state index contributed by atoms with van der Waals surface area (Å²) in [5.41, 5.74) is 1.66. The average molecular weight is 364 g/mol. The second-order valence-corrected chi connectivity index (χ2v) is 5.11. The topological polar surface area (TPSA) is 32.9 Å². The molecule has 2 nitrogen and oxygen atoms in total. The smallest absolute Gasteiger partial charge is 0.175 e. The van der Waals surface area contributed by atoms with Crippen molar-refractivity contribution in [1.82, 2.24) is 4.98 Å². The van der Waals surface area contributed by atoms with Crippen LogP contribution >= 0.6 is 38.5 Å². The van der Waals surface area contributed by atoms with Crippen LogP contribution in [0.3, 0.4) is 0 Å². The SMILES string of the molecule is CC(=O)c1cc2cc(Br)c(I)cc2[nH]1. The van der Waals surface area contributed by atoms with Gasteiger partial charge in [0.25, 0.3) is 0 Å². The van der Waals surface area contributed by atoms with Crippen molar-refractivity contribution in [2.75, 3.05) is 0 Å². The molecule has 1 aromatic carbocycles. The van der Waals surface area contributed by atoms with Crippen LogP contribution in [0.1, 0.15) is 17.4 Å². The zero-order valence-electron chi connectivity index (χ0n) is 7.40. The van der Waals surface area contributed by atoms with E-state index in [0.29, 0.717) is 5.69 Å². The molecule has 0 radical (unpaired) electrons. The summed E-state index contributed by atoms with van der Waals surface area (Å²) in [4.78, 5) is 14.2. The standard InChI is InChI=1S/C10H7BrINO/c1-5(14)9-3-6-2-7(11)8(12)4-10(6)13-9/h2-4,13H,1H3. The van der Waals surface area contributed by atoms with Crippen LogP contribution < -0.4 is 0 Å². The van der Waals surface area contributed by atoms with Crippen LogP contribution in [-0.2, 0) is 0 Å². The molecule has 0 aliphatic heterocycles. The van der Waals surface area contributed by atoms with Crippen molar-refractivity contribution in [3.63, 3.8) is 0 Å². The number of aromatic amines is 1. The molecule has 0 unspecified atom stereocenters. The fourth-order valence-electron chi connectivity index (χ4n) is 1.32. The number of Topliss-reactive ketones (excluding diaryl/α,β-unsaturated/α-hetero) is 1. The first-order valence-corrected chi connectivity index (χ1v) is 5.94. The minimum absolute atomic E-state index is 0.0623. The number of rotatable bonds is 1. The second kappa shape index (κ2) is 3.66. The summed E-state index contributed by atoms with van der Waals surface area (Å²) >= 11 is 5.70. The van der Waals surface area contributed by atoms with Gasteiger partial charge in [-0.25, -0.2) is 0 Å². The molecule has 1 aromatic heterocycles. The monoisotopic (exact) mass is 363 g/mol. The van der Waals surface area contributed by atoms with Gasteiger partial charge in [0, 0.05) is 25.9 Å². The van der Waals surface area contributed by atoms with E-state index in [0.717, 1.165) is 18.9 Å². The van der Waals surface area contributed by atoms with Crippen molar-refractivity contribution in [1.29, 1.82) is 0 Å². The zero-order chi connectivity index (χ0) is 10.3.